The van der Waals surface area contributed by atoms with Gasteiger partial charge in [0.15, 0.2) is 6.61 Å². The number of rotatable bonds is 10. The van der Waals surface area contributed by atoms with Crippen LogP contribution in [0.15, 0.2) is 47.4 Å². The average molecular weight is 525 g/mol. The van der Waals surface area contributed by atoms with Crippen LogP contribution in [0.1, 0.15) is 26.7 Å². The molecule has 11 heteroatoms. The summed E-state index contributed by atoms with van der Waals surface area (Å²) in [4.78, 5) is 25.9. The molecule has 1 amide bonds. The van der Waals surface area contributed by atoms with Gasteiger partial charge in [-0.3, -0.25) is 14.3 Å². The van der Waals surface area contributed by atoms with Crippen molar-refractivity contribution >= 4 is 39.2 Å². The Morgan fingerprint density at radius 3 is 2.31 bits per heavy atom. The Hall–Kier alpha value is -2.98. The fourth-order valence-electron chi connectivity index (χ4n) is 3.62. The molecule has 2 aromatic carbocycles. The number of anilines is 1. The lowest BCUT2D eigenvalue weighted by Gasteiger charge is -2.30. The van der Waals surface area contributed by atoms with Crippen molar-refractivity contribution in [1.82, 2.24) is 4.90 Å². The molecule has 190 valence electrons. The number of hydrogen-bond acceptors (Lipinski definition) is 7. The number of benzene rings is 2. The summed E-state index contributed by atoms with van der Waals surface area (Å²) in [7, 11) is -3.89. The lowest BCUT2D eigenvalue weighted by atomic mass is 9.97. The molecular formula is C24H29ClN2O7S. The minimum absolute atomic E-state index is 0.0453. The molecule has 9 nitrogen and oxygen atoms in total. The van der Waals surface area contributed by atoms with Gasteiger partial charge in [0.25, 0.3) is 15.9 Å². The number of nitrogens with zero attached hydrogens (tertiary/aromatic N) is 1. The van der Waals surface area contributed by atoms with E-state index in [1.54, 1.807) is 36.1 Å². The van der Waals surface area contributed by atoms with Crippen LogP contribution < -0.4 is 14.2 Å². The van der Waals surface area contributed by atoms with Gasteiger partial charge < -0.3 is 19.1 Å². The Labute approximate surface area is 210 Å². The van der Waals surface area contributed by atoms with Gasteiger partial charge in [0.2, 0.25) is 0 Å². The zero-order valence-electron chi connectivity index (χ0n) is 19.7. The summed E-state index contributed by atoms with van der Waals surface area (Å²) in [6.07, 6.45) is 1.08. The molecule has 2 aromatic rings. The summed E-state index contributed by atoms with van der Waals surface area (Å²) >= 11 is 6.24. The Morgan fingerprint density at radius 1 is 1.03 bits per heavy atom. The molecule has 1 heterocycles. The summed E-state index contributed by atoms with van der Waals surface area (Å²) in [6.45, 7) is 5.10. The molecule has 0 bridgehead atoms. The van der Waals surface area contributed by atoms with Crippen molar-refractivity contribution in [2.24, 2.45) is 5.92 Å². The standard InChI is InChI=1S/C24H29ClN2O7S/c1-3-32-19-7-5-18(6-8-19)26-35(30,31)20-9-10-22(21(25)15-20)34-16-23(28)27-13-11-17(12-14-27)24(29)33-4-2/h5-10,15,17,26H,3-4,11-14,16H2,1-2H3. The fourth-order valence-corrected chi connectivity index (χ4v) is 5.01. The summed E-state index contributed by atoms with van der Waals surface area (Å²) in [5, 5.41) is 0.0633. The van der Waals surface area contributed by atoms with E-state index in [0.29, 0.717) is 50.6 Å². The van der Waals surface area contributed by atoms with Crippen molar-refractivity contribution in [3.8, 4) is 11.5 Å². The number of halogens is 1. The lowest BCUT2D eigenvalue weighted by Crippen LogP contribution is -2.42. The van der Waals surface area contributed by atoms with Crippen molar-refractivity contribution in [1.29, 1.82) is 0 Å². The van der Waals surface area contributed by atoms with Crippen LogP contribution in [-0.2, 0) is 24.3 Å². The van der Waals surface area contributed by atoms with E-state index >= 15 is 0 Å². The number of piperidine rings is 1. The van der Waals surface area contributed by atoms with Gasteiger partial charge in [-0.25, -0.2) is 8.42 Å². The van der Waals surface area contributed by atoms with Gasteiger partial charge in [0.05, 0.1) is 29.0 Å². The van der Waals surface area contributed by atoms with Crippen LogP contribution in [0.3, 0.4) is 0 Å². The van der Waals surface area contributed by atoms with Gasteiger partial charge in [-0.2, -0.15) is 0 Å². The fraction of sp³-hybridized carbons (Fsp3) is 0.417. The highest BCUT2D eigenvalue weighted by Crippen LogP contribution is 2.29. The number of hydrogen-bond donors (Lipinski definition) is 1. The van der Waals surface area contributed by atoms with E-state index in [-0.39, 0.29) is 40.1 Å². The largest absolute Gasteiger partial charge is 0.494 e. The number of sulfonamides is 1. The third-order valence-corrected chi connectivity index (χ3v) is 7.12. The molecule has 0 radical (unpaired) electrons. The third kappa shape index (κ3) is 7.25. The van der Waals surface area contributed by atoms with Crippen molar-refractivity contribution < 1.29 is 32.2 Å². The monoisotopic (exact) mass is 524 g/mol. The molecule has 0 aliphatic carbocycles. The van der Waals surface area contributed by atoms with Crippen LogP contribution in [0.25, 0.3) is 0 Å². The van der Waals surface area contributed by atoms with Gasteiger partial charge in [-0.15, -0.1) is 0 Å². The van der Waals surface area contributed by atoms with E-state index in [9.17, 15) is 18.0 Å². The zero-order valence-corrected chi connectivity index (χ0v) is 21.2. The predicted octanol–water partition coefficient (Wildman–Crippen LogP) is 3.72. The minimum atomic E-state index is -3.89. The van der Waals surface area contributed by atoms with E-state index in [2.05, 4.69) is 4.72 Å². The number of carbonyl (C=O) groups is 2. The average Bonchev–Trinajstić information content (AvgIpc) is 2.84. The second-order valence-corrected chi connectivity index (χ2v) is 9.94. The number of likely N-dealkylation sites (tertiary alicyclic amines) is 1. The maximum absolute atomic E-state index is 12.7. The summed E-state index contributed by atoms with van der Waals surface area (Å²) in [5.74, 6) is 0.173. The number of amides is 1. The predicted molar refractivity (Wildman–Crippen MR) is 131 cm³/mol. The van der Waals surface area contributed by atoms with Gasteiger partial charge >= 0.3 is 5.97 Å². The molecule has 1 aliphatic heterocycles. The number of esters is 1. The first-order valence-corrected chi connectivity index (χ1v) is 13.2. The molecular weight excluding hydrogens is 496 g/mol. The Balaban J connectivity index is 1.55. The van der Waals surface area contributed by atoms with Crippen LogP contribution in [0.4, 0.5) is 5.69 Å². The quantitative estimate of drug-likeness (QED) is 0.471. The lowest BCUT2D eigenvalue weighted by molar-refractivity contribution is -0.151. The first-order valence-electron chi connectivity index (χ1n) is 11.4. The highest BCUT2D eigenvalue weighted by molar-refractivity contribution is 7.92. The Morgan fingerprint density at radius 2 is 1.71 bits per heavy atom. The third-order valence-electron chi connectivity index (χ3n) is 5.45. The zero-order chi connectivity index (χ0) is 25.4. The second-order valence-electron chi connectivity index (χ2n) is 7.85. The van der Waals surface area contributed by atoms with Crippen molar-refractivity contribution in [3.05, 3.63) is 47.5 Å². The molecule has 1 saturated heterocycles. The van der Waals surface area contributed by atoms with Crippen LogP contribution in [0, 0.1) is 5.92 Å². The van der Waals surface area contributed by atoms with Crippen LogP contribution in [0.2, 0.25) is 5.02 Å². The summed E-state index contributed by atoms with van der Waals surface area (Å²) in [5.41, 5.74) is 0.377. The number of ether oxygens (including phenoxy) is 3. The molecule has 0 spiro atoms. The molecule has 1 N–H and O–H groups in total. The molecule has 1 fully saturated rings. The highest BCUT2D eigenvalue weighted by atomic mass is 35.5. The van der Waals surface area contributed by atoms with E-state index in [1.165, 1.54) is 18.2 Å². The molecule has 0 atom stereocenters. The number of nitrogens with one attached hydrogen (secondary N) is 1. The molecule has 35 heavy (non-hydrogen) atoms. The summed E-state index contributed by atoms with van der Waals surface area (Å²) < 4.78 is 43.9. The van der Waals surface area contributed by atoms with Gasteiger partial charge in [-0.05, 0) is 69.2 Å². The molecule has 1 aliphatic rings. The van der Waals surface area contributed by atoms with Crippen molar-refractivity contribution in [2.75, 3.05) is 37.6 Å². The van der Waals surface area contributed by atoms with Crippen molar-refractivity contribution in [2.45, 2.75) is 31.6 Å². The second kappa shape index (κ2) is 12.1. The van der Waals surface area contributed by atoms with Crippen molar-refractivity contribution in [3.63, 3.8) is 0 Å². The minimum Gasteiger partial charge on any atom is -0.494 e. The smallest absolute Gasteiger partial charge is 0.309 e. The highest BCUT2D eigenvalue weighted by Gasteiger charge is 2.28. The van der Waals surface area contributed by atoms with E-state index in [0.717, 1.165) is 0 Å². The Kier molecular flexibility index (Phi) is 9.22. The molecule has 0 unspecified atom stereocenters. The normalized spacial score (nSPS) is 14.3. The van der Waals surface area contributed by atoms with Gasteiger partial charge in [0, 0.05) is 18.8 Å². The number of carbonyl (C=O) groups excluding carboxylic acids is 2. The SMILES string of the molecule is CCOC(=O)C1CCN(C(=O)COc2ccc(S(=O)(=O)Nc3ccc(OCC)cc3)cc2Cl)CC1. The Bertz CT molecular complexity index is 1130. The van der Waals surface area contributed by atoms with Gasteiger partial charge in [-0.1, -0.05) is 11.6 Å². The topological polar surface area (TPSA) is 111 Å². The summed E-state index contributed by atoms with van der Waals surface area (Å²) in [6, 6.07) is 10.6. The van der Waals surface area contributed by atoms with E-state index in [1.807, 2.05) is 6.92 Å². The van der Waals surface area contributed by atoms with Gasteiger partial charge in [0.1, 0.15) is 11.5 Å². The maximum atomic E-state index is 12.7. The maximum Gasteiger partial charge on any atom is 0.309 e. The van der Waals surface area contributed by atoms with E-state index < -0.39 is 10.0 Å². The van der Waals surface area contributed by atoms with Crippen LogP contribution in [-0.4, -0.2) is 58.1 Å². The van der Waals surface area contributed by atoms with Crippen LogP contribution in [0.5, 0.6) is 11.5 Å². The van der Waals surface area contributed by atoms with E-state index in [4.69, 9.17) is 25.8 Å². The molecule has 0 saturated carbocycles. The first-order chi connectivity index (χ1) is 16.7. The molecule has 0 aromatic heterocycles. The van der Waals surface area contributed by atoms with Crippen LogP contribution >= 0.6 is 11.6 Å². The molecule has 3 rings (SSSR count). The first kappa shape index (κ1) is 26.6.